The molecule has 1 aromatic rings. The van der Waals surface area contributed by atoms with Gasteiger partial charge in [0.2, 0.25) is 0 Å². The zero-order chi connectivity index (χ0) is 13.3. The first-order valence-electron chi connectivity index (χ1n) is 7.30. The lowest BCUT2D eigenvalue weighted by Crippen LogP contribution is -2.53. The number of nitrogens with one attached hydrogen (secondary N) is 1. The minimum Gasteiger partial charge on any atom is -0.468 e. The molecule has 3 rings (SSSR count). The predicted molar refractivity (Wildman–Crippen MR) is 77.5 cm³/mol. The van der Waals surface area contributed by atoms with Crippen LogP contribution in [-0.2, 0) is 0 Å². The second-order valence-electron chi connectivity index (χ2n) is 6.03. The van der Waals surface area contributed by atoms with Crippen LogP contribution in [-0.4, -0.2) is 28.5 Å². The second-order valence-corrected chi connectivity index (χ2v) is 7.38. The molecule has 0 aromatic carbocycles. The van der Waals surface area contributed by atoms with Gasteiger partial charge in [0, 0.05) is 21.7 Å². The number of rotatable bonds is 5. The van der Waals surface area contributed by atoms with Gasteiger partial charge >= 0.3 is 0 Å². The van der Waals surface area contributed by atoms with E-state index < -0.39 is 0 Å². The van der Waals surface area contributed by atoms with Crippen LogP contribution in [0.1, 0.15) is 44.3 Å². The third-order valence-electron chi connectivity index (χ3n) is 4.30. The summed E-state index contributed by atoms with van der Waals surface area (Å²) >= 11 is 1.92. The zero-order valence-electron chi connectivity index (χ0n) is 11.5. The lowest BCUT2D eigenvalue weighted by molar-refractivity contribution is 0.122. The molecule has 2 aliphatic carbocycles. The molecule has 106 valence electrons. The van der Waals surface area contributed by atoms with Crippen molar-refractivity contribution in [1.29, 1.82) is 0 Å². The van der Waals surface area contributed by atoms with Crippen molar-refractivity contribution in [2.24, 2.45) is 0 Å². The first-order chi connectivity index (χ1) is 9.21. The van der Waals surface area contributed by atoms with Crippen LogP contribution >= 0.6 is 11.8 Å². The van der Waals surface area contributed by atoms with Gasteiger partial charge in [0.25, 0.3) is 0 Å². The smallest absolute Gasteiger partial charge is 0.114 e. The molecule has 2 saturated carbocycles. The van der Waals surface area contributed by atoms with Crippen molar-refractivity contribution < 1.29 is 9.52 Å². The molecule has 1 aromatic heterocycles. The number of aliphatic hydroxyl groups excluding tert-OH is 1. The zero-order valence-corrected chi connectivity index (χ0v) is 12.3. The van der Waals surface area contributed by atoms with Gasteiger partial charge in [-0.05, 0) is 45.1 Å². The van der Waals surface area contributed by atoms with Gasteiger partial charge in [0.15, 0.2) is 0 Å². The Morgan fingerprint density at radius 3 is 2.95 bits per heavy atom. The minimum absolute atomic E-state index is 0.0330. The van der Waals surface area contributed by atoms with Crippen LogP contribution in [0.2, 0.25) is 0 Å². The Bertz CT molecular complexity index is 430. The number of hydrogen-bond acceptors (Lipinski definition) is 4. The third kappa shape index (κ3) is 3.18. The summed E-state index contributed by atoms with van der Waals surface area (Å²) in [6, 6.07) is 2.72. The molecule has 0 radical (unpaired) electrons. The molecular weight excluding hydrogens is 258 g/mol. The van der Waals surface area contributed by atoms with E-state index in [-0.39, 0.29) is 12.1 Å². The Morgan fingerprint density at radius 2 is 2.32 bits per heavy atom. The quantitative estimate of drug-likeness (QED) is 0.870. The van der Waals surface area contributed by atoms with Crippen molar-refractivity contribution in [3.05, 3.63) is 18.1 Å². The van der Waals surface area contributed by atoms with E-state index in [1.54, 1.807) is 6.26 Å². The van der Waals surface area contributed by atoms with Crippen molar-refractivity contribution in [3.8, 4) is 0 Å². The van der Waals surface area contributed by atoms with Gasteiger partial charge in [-0.25, -0.2) is 0 Å². The van der Waals surface area contributed by atoms with Crippen LogP contribution < -0.4 is 5.32 Å². The summed E-state index contributed by atoms with van der Waals surface area (Å²) in [5.74, 6) is 1.01. The highest BCUT2D eigenvalue weighted by Gasteiger charge is 2.40. The molecule has 2 N–H and O–H groups in total. The number of thioether (sulfide) groups is 1. The van der Waals surface area contributed by atoms with Crippen LogP contribution in [0.3, 0.4) is 0 Å². The van der Waals surface area contributed by atoms with Crippen LogP contribution in [0, 0.1) is 6.92 Å². The molecule has 1 heterocycles. The lowest BCUT2D eigenvalue weighted by atomic mass is 9.82. The van der Waals surface area contributed by atoms with Gasteiger partial charge in [-0.1, -0.05) is 6.42 Å². The van der Waals surface area contributed by atoms with Gasteiger partial charge in [-0.2, -0.15) is 0 Å². The number of aliphatic hydroxyl groups is 1. The number of furan rings is 1. The summed E-state index contributed by atoms with van der Waals surface area (Å²) in [4.78, 5) is 1.25. The minimum atomic E-state index is -0.0330. The van der Waals surface area contributed by atoms with E-state index >= 15 is 0 Å². The lowest BCUT2D eigenvalue weighted by Gasteiger charge is -2.40. The highest BCUT2D eigenvalue weighted by atomic mass is 32.2. The maximum absolute atomic E-state index is 9.83. The Kier molecular flexibility index (Phi) is 3.92. The Labute approximate surface area is 119 Å². The van der Waals surface area contributed by atoms with Gasteiger partial charge in [-0.3, -0.25) is 0 Å². The summed E-state index contributed by atoms with van der Waals surface area (Å²) < 4.78 is 5.37. The van der Waals surface area contributed by atoms with E-state index in [4.69, 9.17) is 4.42 Å². The van der Waals surface area contributed by atoms with Crippen molar-refractivity contribution >= 4 is 11.8 Å². The predicted octanol–water partition coefficient (Wildman–Crippen LogP) is 3.11. The van der Waals surface area contributed by atoms with Crippen molar-refractivity contribution in [2.75, 3.05) is 6.61 Å². The highest BCUT2D eigenvalue weighted by molar-refractivity contribution is 8.00. The summed E-state index contributed by atoms with van der Waals surface area (Å²) in [5, 5.41) is 14.1. The average Bonchev–Trinajstić information content (AvgIpc) is 3.13. The monoisotopic (exact) mass is 281 g/mol. The van der Waals surface area contributed by atoms with Crippen molar-refractivity contribution in [3.63, 3.8) is 0 Å². The van der Waals surface area contributed by atoms with Gasteiger partial charge in [0.05, 0.1) is 12.9 Å². The highest BCUT2D eigenvalue weighted by Crippen LogP contribution is 2.40. The molecule has 2 atom stereocenters. The Hall–Kier alpha value is -0.450. The van der Waals surface area contributed by atoms with Gasteiger partial charge in [0.1, 0.15) is 5.76 Å². The maximum Gasteiger partial charge on any atom is 0.114 e. The molecule has 2 aliphatic rings. The summed E-state index contributed by atoms with van der Waals surface area (Å²) in [6.45, 7) is 2.29. The molecule has 19 heavy (non-hydrogen) atoms. The molecule has 2 fully saturated rings. The summed E-state index contributed by atoms with van der Waals surface area (Å²) in [5.41, 5.74) is -0.0330. The fraction of sp³-hybridized carbons (Fsp3) is 0.733. The Morgan fingerprint density at radius 1 is 1.47 bits per heavy atom. The third-order valence-corrected chi connectivity index (χ3v) is 5.71. The first kappa shape index (κ1) is 13.5. The van der Waals surface area contributed by atoms with E-state index in [0.717, 1.165) is 18.6 Å². The number of hydrogen-bond donors (Lipinski definition) is 2. The van der Waals surface area contributed by atoms with Crippen LogP contribution in [0.4, 0.5) is 0 Å². The van der Waals surface area contributed by atoms with Crippen LogP contribution in [0.25, 0.3) is 0 Å². The normalized spacial score (nSPS) is 31.6. The summed E-state index contributed by atoms with van der Waals surface area (Å²) in [6.07, 6.45) is 8.94. The first-order valence-corrected chi connectivity index (χ1v) is 8.18. The Balaban J connectivity index is 1.64. The van der Waals surface area contributed by atoms with E-state index in [1.165, 1.54) is 30.6 Å². The van der Waals surface area contributed by atoms with Gasteiger partial charge in [-0.15, -0.1) is 11.8 Å². The van der Waals surface area contributed by atoms with Crippen molar-refractivity contribution in [2.45, 2.75) is 67.2 Å². The number of aryl methyl sites for hydroxylation is 1. The average molecular weight is 281 g/mol. The topological polar surface area (TPSA) is 45.4 Å². The standard InChI is InChI=1S/C15H23NO2S/c1-11-14(6-8-18-11)19-13-3-2-7-15(9-13,10-17)16-12-4-5-12/h6,8,12-13,16-17H,2-5,7,9-10H2,1H3. The molecule has 0 spiro atoms. The maximum atomic E-state index is 9.83. The van der Waals surface area contributed by atoms with E-state index in [9.17, 15) is 5.11 Å². The molecular formula is C15H23NO2S. The molecule has 0 aliphatic heterocycles. The van der Waals surface area contributed by atoms with Crippen molar-refractivity contribution in [1.82, 2.24) is 5.32 Å². The fourth-order valence-electron chi connectivity index (χ4n) is 3.06. The molecule has 2 unspecified atom stereocenters. The largest absolute Gasteiger partial charge is 0.468 e. The molecule has 0 saturated heterocycles. The van der Waals surface area contributed by atoms with Crippen LogP contribution in [0.15, 0.2) is 21.6 Å². The second kappa shape index (κ2) is 5.51. The molecule has 3 nitrogen and oxygen atoms in total. The molecule has 0 bridgehead atoms. The summed E-state index contributed by atoms with van der Waals surface area (Å²) in [7, 11) is 0. The van der Waals surface area contributed by atoms with Gasteiger partial charge < -0.3 is 14.8 Å². The molecule has 4 heteroatoms. The van der Waals surface area contributed by atoms with E-state index in [1.807, 2.05) is 18.7 Å². The van der Waals surface area contributed by atoms with E-state index in [2.05, 4.69) is 11.4 Å². The van der Waals surface area contributed by atoms with E-state index in [0.29, 0.717) is 11.3 Å². The van der Waals surface area contributed by atoms with Crippen LogP contribution in [0.5, 0.6) is 0 Å². The fourth-order valence-corrected chi connectivity index (χ4v) is 4.46. The molecule has 0 amide bonds. The SMILES string of the molecule is Cc1occc1SC1CCCC(CO)(NC2CC2)C1.